The molecule has 144 valence electrons. The second kappa shape index (κ2) is 9.27. The molecule has 0 bridgehead atoms. The summed E-state index contributed by atoms with van der Waals surface area (Å²) in [5.41, 5.74) is 1.23. The van der Waals surface area contributed by atoms with E-state index in [1.54, 1.807) is 67.8 Å². The summed E-state index contributed by atoms with van der Waals surface area (Å²) in [4.78, 5) is 23.9. The Morgan fingerprint density at radius 2 is 1.54 bits per heavy atom. The van der Waals surface area contributed by atoms with Gasteiger partial charge in [0.25, 0.3) is 5.91 Å². The lowest BCUT2D eigenvalue weighted by Crippen LogP contribution is -2.15. The van der Waals surface area contributed by atoms with Crippen molar-refractivity contribution in [2.24, 2.45) is 0 Å². The van der Waals surface area contributed by atoms with Crippen LogP contribution in [0.25, 0.3) is 0 Å². The molecule has 7 nitrogen and oxygen atoms in total. The van der Waals surface area contributed by atoms with Gasteiger partial charge in [0.15, 0.2) is 5.76 Å². The van der Waals surface area contributed by atoms with E-state index < -0.39 is 0 Å². The number of ether oxygens (including phenoxy) is 2. The van der Waals surface area contributed by atoms with Gasteiger partial charge in [0.2, 0.25) is 5.91 Å². The summed E-state index contributed by atoms with van der Waals surface area (Å²) in [6.45, 7) is 0.259. The van der Waals surface area contributed by atoms with Gasteiger partial charge in [-0.25, -0.2) is 0 Å². The van der Waals surface area contributed by atoms with Crippen molar-refractivity contribution in [2.45, 2.75) is 6.42 Å². The highest BCUT2D eigenvalue weighted by Gasteiger charge is 2.09. The third kappa shape index (κ3) is 5.38. The molecule has 0 radical (unpaired) electrons. The Hall–Kier alpha value is -3.74. The van der Waals surface area contributed by atoms with Gasteiger partial charge in [-0.2, -0.15) is 0 Å². The van der Waals surface area contributed by atoms with Crippen molar-refractivity contribution in [3.63, 3.8) is 0 Å². The highest BCUT2D eigenvalue weighted by Crippen LogP contribution is 2.18. The monoisotopic (exact) mass is 380 g/mol. The number of methoxy groups -OCH3 is 1. The molecule has 7 heteroatoms. The normalized spacial score (nSPS) is 10.2. The Kier molecular flexibility index (Phi) is 6.30. The van der Waals surface area contributed by atoms with Crippen LogP contribution in [0.1, 0.15) is 17.0 Å². The van der Waals surface area contributed by atoms with Crippen molar-refractivity contribution in [1.82, 2.24) is 0 Å². The maximum absolute atomic E-state index is 12.0. The molecule has 0 saturated carbocycles. The molecule has 2 aromatic carbocycles. The maximum atomic E-state index is 12.0. The van der Waals surface area contributed by atoms with Crippen LogP contribution in [0.2, 0.25) is 0 Å². The van der Waals surface area contributed by atoms with Crippen molar-refractivity contribution >= 4 is 23.2 Å². The van der Waals surface area contributed by atoms with Crippen LogP contribution < -0.4 is 20.1 Å². The van der Waals surface area contributed by atoms with Crippen LogP contribution in [-0.2, 0) is 4.79 Å². The number of hydrogen-bond acceptors (Lipinski definition) is 5. The van der Waals surface area contributed by atoms with E-state index in [0.717, 1.165) is 5.75 Å². The van der Waals surface area contributed by atoms with E-state index in [4.69, 9.17) is 13.9 Å². The summed E-state index contributed by atoms with van der Waals surface area (Å²) in [6.07, 6.45) is 1.65. The molecule has 0 aliphatic carbocycles. The summed E-state index contributed by atoms with van der Waals surface area (Å²) >= 11 is 0. The molecule has 2 N–H and O–H groups in total. The fourth-order valence-corrected chi connectivity index (χ4v) is 2.39. The van der Waals surface area contributed by atoms with E-state index in [2.05, 4.69) is 10.6 Å². The molecule has 0 saturated heterocycles. The molecule has 0 spiro atoms. The zero-order valence-corrected chi connectivity index (χ0v) is 15.3. The summed E-state index contributed by atoms with van der Waals surface area (Å²) < 4.78 is 15.7. The van der Waals surface area contributed by atoms with Crippen molar-refractivity contribution < 1.29 is 23.5 Å². The summed E-state index contributed by atoms with van der Waals surface area (Å²) in [5.74, 6) is 1.15. The number of benzene rings is 2. The summed E-state index contributed by atoms with van der Waals surface area (Å²) in [5, 5.41) is 5.50. The molecule has 3 aromatic rings. The molecular weight excluding hydrogens is 360 g/mol. The predicted octanol–water partition coefficient (Wildman–Crippen LogP) is 3.95. The van der Waals surface area contributed by atoms with Crippen molar-refractivity contribution in [1.29, 1.82) is 0 Å². The first-order valence-electron chi connectivity index (χ1n) is 8.65. The molecule has 28 heavy (non-hydrogen) atoms. The van der Waals surface area contributed by atoms with E-state index in [0.29, 0.717) is 17.1 Å². The molecule has 1 aromatic heterocycles. The van der Waals surface area contributed by atoms with E-state index in [1.807, 2.05) is 0 Å². The Balaban J connectivity index is 1.43. The first-order valence-corrected chi connectivity index (χ1v) is 8.65. The van der Waals surface area contributed by atoms with E-state index >= 15 is 0 Å². The second-order valence-electron chi connectivity index (χ2n) is 5.83. The standard InChI is InChI=1S/C21H20N2O5/c1-26-17-8-10-18(11-9-17)27-14-12-20(24)22-15-4-6-16(7-5-15)23-21(25)19-3-2-13-28-19/h2-11,13H,12,14H2,1H3,(H,22,24)(H,23,25). The van der Waals surface area contributed by atoms with Crippen LogP contribution in [-0.4, -0.2) is 25.5 Å². The fraction of sp³-hybridized carbons (Fsp3) is 0.143. The minimum Gasteiger partial charge on any atom is -0.497 e. The minimum absolute atomic E-state index is 0.166. The topological polar surface area (TPSA) is 89.8 Å². The largest absolute Gasteiger partial charge is 0.497 e. The Bertz CT molecular complexity index is 903. The molecule has 0 atom stereocenters. The van der Waals surface area contributed by atoms with Crippen LogP contribution in [0.3, 0.4) is 0 Å². The van der Waals surface area contributed by atoms with Gasteiger partial charge >= 0.3 is 0 Å². The lowest BCUT2D eigenvalue weighted by Gasteiger charge is -2.09. The van der Waals surface area contributed by atoms with Gasteiger partial charge in [0, 0.05) is 11.4 Å². The zero-order valence-electron chi connectivity index (χ0n) is 15.3. The highest BCUT2D eigenvalue weighted by molar-refractivity contribution is 6.02. The lowest BCUT2D eigenvalue weighted by molar-refractivity contribution is -0.116. The number of anilines is 2. The van der Waals surface area contributed by atoms with Crippen molar-refractivity contribution in [3.05, 3.63) is 72.7 Å². The minimum atomic E-state index is -0.336. The molecule has 0 aliphatic rings. The van der Waals surface area contributed by atoms with Crippen molar-refractivity contribution in [2.75, 3.05) is 24.4 Å². The first-order chi connectivity index (χ1) is 13.6. The highest BCUT2D eigenvalue weighted by atomic mass is 16.5. The number of rotatable bonds is 8. The van der Waals surface area contributed by atoms with Crippen LogP contribution in [0, 0.1) is 0 Å². The number of nitrogens with one attached hydrogen (secondary N) is 2. The number of amides is 2. The SMILES string of the molecule is COc1ccc(OCCC(=O)Nc2ccc(NC(=O)c3ccco3)cc2)cc1. The second-order valence-corrected chi connectivity index (χ2v) is 5.83. The molecule has 1 heterocycles. The average molecular weight is 380 g/mol. The smallest absolute Gasteiger partial charge is 0.291 e. The Labute approximate surface area is 162 Å². The Morgan fingerprint density at radius 3 is 2.14 bits per heavy atom. The van der Waals surface area contributed by atoms with Gasteiger partial charge < -0.3 is 24.5 Å². The average Bonchev–Trinajstić information content (AvgIpc) is 3.25. The van der Waals surface area contributed by atoms with Gasteiger partial charge in [0.1, 0.15) is 11.5 Å². The van der Waals surface area contributed by atoms with E-state index in [9.17, 15) is 9.59 Å². The molecule has 0 aliphatic heterocycles. The molecule has 3 rings (SSSR count). The van der Waals surface area contributed by atoms with Gasteiger partial charge in [-0.3, -0.25) is 9.59 Å². The molecular formula is C21H20N2O5. The molecule has 0 unspecified atom stereocenters. The van der Waals surface area contributed by atoms with Gasteiger partial charge in [-0.15, -0.1) is 0 Å². The van der Waals surface area contributed by atoms with Crippen molar-refractivity contribution in [3.8, 4) is 11.5 Å². The van der Waals surface area contributed by atoms with E-state index in [-0.39, 0.29) is 30.6 Å². The number of carbonyl (C=O) groups is 2. The Morgan fingerprint density at radius 1 is 0.893 bits per heavy atom. The summed E-state index contributed by atoms with van der Waals surface area (Å²) in [7, 11) is 1.60. The lowest BCUT2D eigenvalue weighted by atomic mass is 10.2. The predicted molar refractivity (Wildman–Crippen MR) is 105 cm³/mol. The molecule has 0 fully saturated rings. The third-order valence-electron chi connectivity index (χ3n) is 3.83. The van der Waals surface area contributed by atoms with Crippen LogP contribution in [0.5, 0.6) is 11.5 Å². The number of hydrogen-bond donors (Lipinski definition) is 2. The van der Waals surface area contributed by atoms with Gasteiger partial charge in [0.05, 0.1) is 26.4 Å². The van der Waals surface area contributed by atoms with Crippen LogP contribution in [0.4, 0.5) is 11.4 Å². The number of furan rings is 1. The van der Waals surface area contributed by atoms with E-state index in [1.165, 1.54) is 6.26 Å². The van der Waals surface area contributed by atoms with Crippen LogP contribution >= 0.6 is 0 Å². The fourth-order valence-electron chi connectivity index (χ4n) is 2.39. The molecule has 2 amide bonds. The third-order valence-corrected chi connectivity index (χ3v) is 3.83. The quantitative estimate of drug-likeness (QED) is 0.618. The van der Waals surface area contributed by atoms with Crippen LogP contribution in [0.15, 0.2) is 71.3 Å². The van der Waals surface area contributed by atoms with Gasteiger partial charge in [-0.05, 0) is 60.7 Å². The summed E-state index contributed by atoms with van der Waals surface area (Å²) in [6, 6.07) is 17.2. The maximum Gasteiger partial charge on any atom is 0.291 e. The zero-order chi connectivity index (χ0) is 19.8. The van der Waals surface area contributed by atoms with Gasteiger partial charge in [-0.1, -0.05) is 0 Å². The first kappa shape index (κ1) is 19.0. The number of carbonyl (C=O) groups excluding carboxylic acids is 2.